The van der Waals surface area contributed by atoms with Gasteiger partial charge in [-0.2, -0.15) is 34.8 Å². The largest absolute Gasteiger partial charge is 0.573 e. The fraction of sp³-hybridized carbons (Fsp3) is 0.533. The third-order valence-electron chi connectivity index (χ3n) is 4.68. The first-order valence-electron chi connectivity index (χ1n) is 8.57. The maximum atomic E-state index is 13.5. The van der Waals surface area contributed by atoms with E-state index < -0.39 is 70.1 Å². The van der Waals surface area contributed by atoms with Crippen LogP contribution in [0, 0.1) is 0 Å². The van der Waals surface area contributed by atoms with Gasteiger partial charge in [0.05, 0.1) is 11.7 Å². The highest BCUT2D eigenvalue weighted by Gasteiger charge is 2.58. The molecular formula is C15H11F9N2O5S2. The Morgan fingerprint density at radius 2 is 1.76 bits per heavy atom. The molecule has 7 nitrogen and oxygen atoms in total. The second kappa shape index (κ2) is 8.00. The first kappa shape index (κ1) is 25.5. The number of alkyl halides is 9. The summed E-state index contributed by atoms with van der Waals surface area (Å²) in [7, 11) is -5.84. The van der Waals surface area contributed by atoms with Crippen LogP contribution in [0.4, 0.5) is 45.2 Å². The molecule has 3 atom stereocenters. The molecule has 0 fully saturated rings. The molecule has 1 unspecified atom stereocenters. The number of hydrogen-bond acceptors (Lipinski definition) is 6. The van der Waals surface area contributed by atoms with Crippen molar-refractivity contribution < 1.29 is 62.0 Å². The SMILES string of the molecule is O=C(N[C@H]1Sc2cc(OC(F)(F)F)cc3c2N1C([C@@H](C(F)(F)F)S(=O)(=O)O)CC3)C(F)(F)F. The van der Waals surface area contributed by atoms with Crippen LogP contribution < -0.4 is 15.0 Å². The second-order valence-electron chi connectivity index (χ2n) is 6.91. The van der Waals surface area contributed by atoms with Crippen molar-refractivity contribution in [1.82, 2.24) is 5.32 Å². The number of ether oxygens (including phenoxy) is 1. The summed E-state index contributed by atoms with van der Waals surface area (Å²) in [4.78, 5) is 11.6. The molecule has 0 saturated carbocycles. The molecule has 33 heavy (non-hydrogen) atoms. The molecule has 2 aliphatic rings. The zero-order chi connectivity index (χ0) is 25.1. The monoisotopic (exact) mass is 534 g/mol. The molecule has 18 heteroatoms. The molecule has 1 amide bonds. The molecule has 186 valence electrons. The normalized spacial score (nSPS) is 22.1. The third-order valence-corrected chi connectivity index (χ3v) is 7.04. The van der Waals surface area contributed by atoms with Crippen LogP contribution in [0.5, 0.6) is 5.75 Å². The molecule has 0 aromatic heterocycles. The lowest BCUT2D eigenvalue weighted by Gasteiger charge is -2.42. The van der Waals surface area contributed by atoms with Crippen molar-refractivity contribution in [2.24, 2.45) is 0 Å². The predicted octanol–water partition coefficient (Wildman–Crippen LogP) is 3.59. The van der Waals surface area contributed by atoms with Gasteiger partial charge in [0.25, 0.3) is 10.1 Å². The first-order valence-corrected chi connectivity index (χ1v) is 11.0. The van der Waals surface area contributed by atoms with Crippen LogP contribution in [0.1, 0.15) is 12.0 Å². The number of nitrogens with zero attached hydrogens (tertiary/aromatic N) is 1. The quantitative estimate of drug-likeness (QED) is 0.451. The number of halogens is 9. The molecule has 1 aromatic carbocycles. The lowest BCUT2D eigenvalue weighted by molar-refractivity contribution is -0.274. The minimum atomic E-state index is -5.84. The second-order valence-corrected chi connectivity index (χ2v) is 9.57. The average molecular weight is 534 g/mol. The summed E-state index contributed by atoms with van der Waals surface area (Å²) < 4.78 is 153. The van der Waals surface area contributed by atoms with E-state index in [1.54, 1.807) is 0 Å². The topological polar surface area (TPSA) is 95.9 Å². The Kier molecular flexibility index (Phi) is 6.19. The smallest absolute Gasteiger partial charge is 0.406 e. The molecule has 2 aliphatic heterocycles. The lowest BCUT2D eigenvalue weighted by Crippen LogP contribution is -2.60. The van der Waals surface area contributed by atoms with Crippen molar-refractivity contribution in [1.29, 1.82) is 0 Å². The van der Waals surface area contributed by atoms with Gasteiger partial charge in [0.15, 0.2) is 5.50 Å². The van der Waals surface area contributed by atoms with Crippen LogP contribution in [-0.4, -0.2) is 54.4 Å². The van der Waals surface area contributed by atoms with Crippen LogP contribution in [0.2, 0.25) is 0 Å². The maximum absolute atomic E-state index is 13.5. The Hall–Kier alpha value is -2.08. The van der Waals surface area contributed by atoms with E-state index in [2.05, 4.69) is 4.74 Å². The van der Waals surface area contributed by atoms with E-state index in [4.69, 9.17) is 0 Å². The molecule has 2 N–H and O–H groups in total. The van der Waals surface area contributed by atoms with Crippen molar-refractivity contribution in [3.05, 3.63) is 17.7 Å². The van der Waals surface area contributed by atoms with Crippen LogP contribution in [0.15, 0.2) is 17.0 Å². The van der Waals surface area contributed by atoms with E-state index in [-0.39, 0.29) is 27.9 Å². The minimum absolute atomic E-state index is 0.0875. The van der Waals surface area contributed by atoms with Crippen molar-refractivity contribution in [3.8, 4) is 5.75 Å². The molecule has 3 rings (SSSR count). The fourth-order valence-electron chi connectivity index (χ4n) is 3.66. The summed E-state index contributed by atoms with van der Waals surface area (Å²) >= 11 is 0.253. The van der Waals surface area contributed by atoms with E-state index >= 15 is 0 Å². The van der Waals surface area contributed by atoms with Gasteiger partial charge in [-0.05, 0) is 30.5 Å². The summed E-state index contributed by atoms with van der Waals surface area (Å²) in [5.74, 6) is -3.40. The van der Waals surface area contributed by atoms with Gasteiger partial charge >= 0.3 is 24.6 Å². The number of hydrogen-bond donors (Lipinski definition) is 2. The number of thioether (sulfide) groups is 1. The average Bonchev–Trinajstić information content (AvgIpc) is 2.91. The predicted molar refractivity (Wildman–Crippen MR) is 92.9 cm³/mol. The summed E-state index contributed by atoms with van der Waals surface area (Å²) in [6, 6.07) is -0.725. The Morgan fingerprint density at radius 1 is 1.15 bits per heavy atom. The van der Waals surface area contributed by atoms with Gasteiger partial charge in [0.1, 0.15) is 5.75 Å². The van der Waals surface area contributed by atoms with Crippen molar-refractivity contribution >= 4 is 33.5 Å². The van der Waals surface area contributed by atoms with Crippen LogP contribution in [-0.2, 0) is 21.3 Å². The zero-order valence-corrected chi connectivity index (χ0v) is 17.2. The number of aryl methyl sites for hydroxylation is 1. The van der Waals surface area contributed by atoms with Gasteiger partial charge in [-0.15, -0.1) is 13.2 Å². The highest BCUT2D eigenvalue weighted by Crippen LogP contribution is 2.52. The Balaban J connectivity index is 2.12. The molecule has 0 bridgehead atoms. The standard InChI is InChI=1S/C15H11F9N2O5S2/c16-13(17,18)10(33(28,29)30)7-2-1-5-3-6(31-15(22,23)24)4-8-9(5)26(7)12(32-8)25-11(27)14(19,20)21/h3-4,7,10,12H,1-2H2,(H,25,27)(H,28,29,30)/t7?,10-,12+/m0/s1. The molecule has 2 heterocycles. The lowest BCUT2D eigenvalue weighted by atomic mass is 9.93. The van der Waals surface area contributed by atoms with Crippen molar-refractivity contribution in [3.63, 3.8) is 0 Å². The highest BCUT2D eigenvalue weighted by molar-refractivity contribution is 8.00. The summed E-state index contributed by atoms with van der Waals surface area (Å²) in [6.45, 7) is 0. The van der Waals surface area contributed by atoms with Gasteiger partial charge in [-0.1, -0.05) is 11.8 Å². The zero-order valence-electron chi connectivity index (χ0n) is 15.5. The summed E-state index contributed by atoms with van der Waals surface area (Å²) in [5.41, 5.74) is -2.38. The number of benzene rings is 1. The summed E-state index contributed by atoms with van der Waals surface area (Å²) in [5, 5.41) is -2.07. The number of carbonyl (C=O) groups is 1. The fourth-order valence-corrected chi connectivity index (χ4v) is 5.97. The van der Waals surface area contributed by atoms with Gasteiger partial charge in [0.2, 0.25) is 5.25 Å². The van der Waals surface area contributed by atoms with Gasteiger partial charge in [-0.25, -0.2) is 0 Å². The van der Waals surface area contributed by atoms with Crippen LogP contribution >= 0.6 is 11.8 Å². The maximum Gasteiger partial charge on any atom is 0.573 e. The van der Waals surface area contributed by atoms with Crippen molar-refractivity contribution in [2.45, 2.75) is 53.2 Å². The number of anilines is 1. The molecule has 0 spiro atoms. The number of rotatable bonds is 4. The summed E-state index contributed by atoms with van der Waals surface area (Å²) in [6.07, 6.45) is -17.4. The van der Waals surface area contributed by atoms with E-state index in [0.717, 1.165) is 6.07 Å². The van der Waals surface area contributed by atoms with E-state index in [0.29, 0.717) is 11.0 Å². The first-order chi connectivity index (χ1) is 14.8. The van der Waals surface area contributed by atoms with Gasteiger partial charge in [-0.3, -0.25) is 9.35 Å². The Bertz CT molecular complexity index is 1060. The number of nitrogens with one attached hydrogen (secondary N) is 1. The molecule has 0 radical (unpaired) electrons. The van der Waals surface area contributed by atoms with E-state index in [1.807, 2.05) is 0 Å². The third kappa shape index (κ3) is 5.37. The van der Waals surface area contributed by atoms with E-state index in [9.17, 15) is 57.3 Å². The van der Waals surface area contributed by atoms with Crippen molar-refractivity contribution in [2.75, 3.05) is 4.90 Å². The van der Waals surface area contributed by atoms with Crippen LogP contribution in [0.25, 0.3) is 0 Å². The minimum Gasteiger partial charge on any atom is -0.406 e. The van der Waals surface area contributed by atoms with Gasteiger partial charge in [0, 0.05) is 4.90 Å². The molecule has 0 aliphatic carbocycles. The molecular weight excluding hydrogens is 523 g/mol. The van der Waals surface area contributed by atoms with E-state index in [1.165, 1.54) is 5.32 Å². The Morgan fingerprint density at radius 3 is 2.24 bits per heavy atom. The Labute approximate surface area is 183 Å². The highest BCUT2D eigenvalue weighted by atomic mass is 32.2. The number of amides is 1. The molecule has 1 aromatic rings. The van der Waals surface area contributed by atoms with Gasteiger partial charge < -0.3 is 15.0 Å². The number of carbonyl (C=O) groups excluding carboxylic acids is 1. The van der Waals surface area contributed by atoms with Crippen LogP contribution in [0.3, 0.4) is 0 Å². The molecule has 0 saturated heterocycles.